The van der Waals surface area contributed by atoms with Gasteiger partial charge in [0.2, 0.25) is 0 Å². The van der Waals surface area contributed by atoms with Crippen molar-refractivity contribution in [2.24, 2.45) is 0 Å². The summed E-state index contributed by atoms with van der Waals surface area (Å²) < 4.78 is 14.2. The van der Waals surface area contributed by atoms with Crippen LogP contribution in [0.5, 0.6) is 5.75 Å². The second-order valence-corrected chi connectivity index (χ2v) is 4.82. The SMILES string of the molecule is CC(C)c1c(O)c2cc3cn[nH]c3c(F)c2[nH]c1=O. The molecule has 2 aromatic heterocycles. The molecular formula is C13H12FN3O2. The minimum absolute atomic E-state index is 0.0105. The van der Waals surface area contributed by atoms with Gasteiger partial charge in [-0.1, -0.05) is 13.8 Å². The summed E-state index contributed by atoms with van der Waals surface area (Å²) >= 11 is 0. The van der Waals surface area contributed by atoms with Crippen LogP contribution in [-0.4, -0.2) is 20.3 Å². The molecule has 5 nitrogen and oxygen atoms in total. The summed E-state index contributed by atoms with van der Waals surface area (Å²) in [5.74, 6) is -0.945. The fourth-order valence-electron chi connectivity index (χ4n) is 2.33. The fraction of sp³-hybridized carbons (Fsp3) is 0.231. The standard InChI is InChI=1S/C13H12FN3O2/c1-5(2)8-12(18)7-3-6-4-15-17-10(6)9(14)11(7)16-13(8)19/h3-5H,1-2H3,(H,15,17)(H2,16,18,19). The third-order valence-corrected chi connectivity index (χ3v) is 3.25. The van der Waals surface area contributed by atoms with Crippen molar-refractivity contribution in [3.8, 4) is 5.75 Å². The van der Waals surface area contributed by atoms with E-state index in [1.807, 2.05) is 0 Å². The van der Waals surface area contributed by atoms with Crippen molar-refractivity contribution in [1.82, 2.24) is 15.2 Å². The molecule has 0 fully saturated rings. The average Bonchev–Trinajstić information content (AvgIpc) is 2.79. The second kappa shape index (κ2) is 3.81. The first-order valence-corrected chi connectivity index (χ1v) is 5.91. The second-order valence-electron chi connectivity index (χ2n) is 4.82. The summed E-state index contributed by atoms with van der Waals surface area (Å²) in [7, 11) is 0. The first-order chi connectivity index (χ1) is 9.00. The van der Waals surface area contributed by atoms with E-state index in [1.54, 1.807) is 19.9 Å². The first kappa shape index (κ1) is 11.7. The molecule has 2 heterocycles. The number of H-pyrrole nitrogens is 2. The van der Waals surface area contributed by atoms with Crippen LogP contribution in [0.15, 0.2) is 17.1 Å². The van der Waals surface area contributed by atoms with Gasteiger partial charge in [-0.05, 0) is 12.0 Å². The van der Waals surface area contributed by atoms with Crippen LogP contribution < -0.4 is 5.56 Å². The Labute approximate surface area is 107 Å². The number of rotatable bonds is 1. The van der Waals surface area contributed by atoms with Crippen LogP contribution in [-0.2, 0) is 0 Å². The molecule has 3 N–H and O–H groups in total. The first-order valence-electron chi connectivity index (χ1n) is 5.91. The molecule has 0 saturated heterocycles. The molecule has 0 aliphatic heterocycles. The maximum atomic E-state index is 14.2. The lowest BCUT2D eigenvalue weighted by molar-refractivity contribution is 0.469. The molecule has 0 unspecified atom stereocenters. The highest BCUT2D eigenvalue weighted by molar-refractivity contribution is 5.98. The van der Waals surface area contributed by atoms with Crippen molar-refractivity contribution in [3.63, 3.8) is 0 Å². The average molecular weight is 261 g/mol. The van der Waals surface area contributed by atoms with E-state index < -0.39 is 11.4 Å². The van der Waals surface area contributed by atoms with E-state index in [0.717, 1.165) is 0 Å². The number of nitrogens with zero attached hydrogens (tertiary/aromatic N) is 1. The molecule has 19 heavy (non-hydrogen) atoms. The largest absolute Gasteiger partial charge is 0.507 e. The molecule has 0 bridgehead atoms. The van der Waals surface area contributed by atoms with Gasteiger partial charge in [-0.25, -0.2) is 4.39 Å². The van der Waals surface area contributed by atoms with Gasteiger partial charge in [-0.3, -0.25) is 9.89 Å². The molecule has 0 amide bonds. The molecular weight excluding hydrogens is 249 g/mol. The molecule has 0 atom stereocenters. The number of pyridine rings is 1. The monoisotopic (exact) mass is 261 g/mol. The number of benzene rings is 1. The summed E-state index contributed by atoms with van der Waals surface area (Å²) in [5, 5.41) is 17.3. The number of hydrogen-bond acceptors (Lipinski definition) is 3. The Morgan fingerprint density at radius 2 is 2.11 bits per heavy atom. The van der Waals surface area contributed by atoms with E-state index in [-0.39, 0.29) is 33.7 Å². The minimum Gasteiger partial charge on any atom is -0.507 e. The minimum atomic E-state index is -0.618. The summed E-state index contributed by atoms with van der Waals surface area (Å²) in [5.41, 5.74) is -0.0176. The highest BCUT2D eigenvalue weighted by atomic mass is 19.1. The van der Waals surface area contributed by atoms with Crippen molar-refractivity contribution in [2.45, 2.75) is 19.8 Å². The van der Waals surface area contributed by atoms with Gasteiger partial charge >= 0.3 is 0 Å². The van der Waals surface area contributed by atoms with Gasteiger partial charge in [-0.2, -0.15) is 5.10 Å². The highest BCUT2D eigenvalue weighted by Gasteiger charge is 2.19. The van der Waals surface area contributed by atoms with Crippen molar-refractivity contribution < 1.29 is 9.50 Å². The molecule has 0 aliphatic rings. The van der Waals surface area contributed by atoms with Crippen LogP contribution in [0.25, 0.3) is 21.8 Å². The molecule has 0 aliphatic carbocycles. The van der Waals surface area contributed by atoms with Crippen molar-refractivity contribution in [1.29, 1.82) is 0 Å². The number of hydrogen-bond donors (Lipinski definition) is 3. The molecule has 0 saturated carbocycles. The molecule has 3 aromatic rings. The quantitative estimate of drug-likeness (QED) is 0.629. The van der Waals surface area contributed by atoms with Crippen LogP contribution in [0.3, 0.4) is 0 Å². The number of aromatic amines is 2. The molecule has 3 rings (SSSR count). The zero-order valence-electron chi connectivity index (χ0n) is 10.4. The van der Waals surface area contributed by atoms with Crippen molar-refractivity contribution in [3.05, 3.63) is 34.0 Å². The smallest absolute Gasteiger partial charge is 0.255 e. The van der Waals surface area contributed by atoms with Gasteiger partial charge in [0.05, 0.1) is 17.3 Å². The predicted octanol–water partition coefficient (Wildman–Crippen LogP) is 2.37. The van der Waals surface area contributed by atoms with Gasteiger partial charge < -0.3 is 10.1 Å². The Bertz CT molecular complexity index is 848. The van der Waals surface area contributed by atoms with Crippen LogP contribution >= 0.6 is 0 Å². The summed E-state index contributed by atoms with van der Waals surface area (Å²) in [4.78, 5) is 14.4. The number of aromatic nitrogens is 3. The Morgan fingerprint density at radius 3 is 2.79 bits per heavy atom. The van der Waals surface area contributed by atoms with Crippen molar-refractivity contribution in [2.75, 3.05) is 0 Å². The normalized spacial score (nSPS) is 11.8. The number of halogens is 1. The van der Waals surface area contributed by atoms with Gasteiger partial charge in [0.25, 0.3) is 5.56 Å². The fourth-order valence-corrected chi connectivity index (χ4v) is 2.33. The Hall–Kier alpha value is -2.37. The number of fused-ring (bicyclic) bond motifs is 2. The lowest BCUT2D eigenvalue weighted by atomic mass is 10.0. The zero-order valence-corrected chi connectivity index (χ0v) is 10.4. The van der Waals surface area contributed by atoms with Gasteiger partial charge in [0.1, 0.15) is 11.3 Å². The third-order valence-electron chi connectivity index (χ3n) is 3.25. The van der Waals surface area contributed by atoms with Crippen LogP contribution in [0.1, 0.15) is 25.3 Å². The van der Waals surface area contributed by atoms with E-state index in [9.17, 15) is 14.3 Å². The molecule has 98 valence electrons. The van der Waals surface area contributed by atoms with Crippen molar-refractivity contribution >= 4 is 21.8 Å². The lowest BCUT2D eigenvalue weighted by Gasteiger charge is -2.10. The van der Waals surface area contributed by atoms with E-state index in [1.165, 1.54) is 6.20 Å². The lowest BCUT2D eigenvalue weighted by Crippen LogP contribution is -2.14. The van der Waals surface area contributed by atoms with E-state index in [2.05, 4.69) is 15.2 Å². The Kier molecular flexibility index (Phi) is 2.35. The highest BCUT2D eigenvalue weighted by Crippen LogP contribution is 2.33. The molecule has 0 radical (unpaired) electrons. The van der Waals surface area contributed by atoms with E-state index >= 15 is 0 Å². The van der Waals surface area contributed by atoms with Crippen LogP contribution in [0, 0.1) is 5.82 Å². The van der Waals surface area contributed by atoms with Gasteiger partial charge in [0, 0.05) is 10.8 Å². The summed E-state index contributed by atoms with van der Waals surface area (Å²) in [6, 6.07) is 1.61. The molecule has 0 spiro atoms. The summed E-state index contributed by atoms with van der Waals surface area (Å²) in [6.07, 6.45) is 1.47. The Balaban J connectivity index is 2.56. The van der Waals surface area contributed by atoms with E-state index in [0.29, 0.717) is 5.39 Å². The number of aromatic hydroxyl groups is 1. The maximum absolute atomic E-state index is 14.2. The number of nitrogens with one attached hydrogen (secondary N) is 2. The summed E-state index contributed by atoms with van der Waals surface area (Å²) in [6.45, 7) is 3.59. The predicted molar refractivity (Wildman–Crippen MR) is 69.9 cm³/mol. The van der Waals surface area contributed by atoms with E-state index in [4.69, 9.17) is 0 Å². The molecule has 6 heteroatoms. The maximum Gasteiger partial charge on any atom is 0.255 e. The van der Waals surface area contributed by atoms with Crippen LogP contribution in [0.4, 0.5) is 4.39 Å². The van der Waals surface area contributed by atoms with Gasteiger partial charge in [-0.15, -0.1) is 0 Å². The molecule has 1 aromatic carbocycles. The zero-order chi connectivity index (χ0) is 13.7. The third kappa shape index (κ3) is 1.53. The topological polar surface area (TPSA) is 81.8 Å². The Morgan fingerprint density at radius 1 is 1.37 bits per heavy atom. The van der Waals surface area contributed by atoms with Gasteiger partial charge in [0.15, 0.2) is 5.82 Å². The van der Waals surface area contributed by atoms with Crippen LogP contribution in [0.2, 0.25) is 0 Å².